The number of hydrogen-bond donors (Lipinski definition) is 2. The summed E-state index contributed by atoms with van der Waals surface area (Å²) in [6.07, 6.45) is 0.872. The summed E-state index contributed by atoms with van der Waals surface area (Å²) in [5, 5.41) is 14.0. The molecule has 4 heteroatoms. The summed E-state index contributed by atoms with van der Waals surface area (Å²) in [4.78, 5) is 0. The molecule has 0 amide bonds. The molecule has 0 bridgehead atoms. The van der Waals surface area contributed by atoms with Crippen molar-refractivity contribution in [1.82, 2.24) is 0 Å². The minimum atomic E-state index is 0. The average molecular weight is 200 g/mol. The third kappa shape index (κ3) is 116. The van der Waals surface area contributed by atoms with Gasteiger partial charge in [0.1, 0.15) is 0 Å². The fourth-order valence-electron chi connectivity index (χ4n) is 0.144. The van der Waals surface area contributed by atoms with Gasteiger partial charge in [0.25, 0.3) is 0 Å². The number of hydrogen-bond acceptors (Lipinski definition) is 3. The molecule has 0 aliphatic heterocycles. The molecule has 0 aromatic carbocycles. The van der Waals surface area contributed by atoms with Crippen LogP contribution in [0.3, 0.4) is 0 Å². The van der Waals surface area contributed by atoms with Crippen LogP contribution in [0.1, 0.15) is 6.42 Å². The summed E-state index contributed by atoms with van der Waals surface area (Å²) in [6.45, 7) is 4.33. The first-order valence-electron chi connectivity index (χ1n) is 2.59. The third-order valence-electron chi connectivity index (χ3n) is 0.348. The van der Waals surface area contributed by atoms with Crippen molar-refractivity contribution in [3.05, 3.63) is 14.4 Å². The van der Waals surface area contributed by atoms with Crippen molar-refractivity contribution in [3.63, 3.8) is 0 Å². The van der Waals surface area contributed by atoms with E-state index in [0.717, 1.165) is 27.2 Å². The molecular formula is C7H20O3Ti. The smallest absolute Gasteiger partial charge is 0.400 e. The zero-order chi connectivity index (χ0) is 8.12. The van der Waals surface area contributed by atoms with Crippen LogP contribution < -0.4 is 0 Å². The Balaban J connectivity index is -0.0000000178. The Morgan fingerprint density at radius 3 is 1.45 bits per heavy atom. The van der Waals surface area contributed by atoms with Gasteiger partial charge in [-0.2, -0.15) is 6.42 Å². The van der Waals surface area contributed by atoms with E-state index >= 15 is 0 Å². The molecule has 0 aromatic heterocycles. The standard InChI is InChI=1S/C4H9O.2CH4O.CH3.Ti/c1-3-4-5-2;2*1-2;;/h1,3-4H2,2H3;2*2H,1H3;1H3;/q-1;;;-1;+2. The zero-order valence-electron chi connectivity index (χ0n) is 7.92. The van der Waals surface area contributed by atoms with Crippen molar-refractivity contribution < 1.29 is 36.7 Å². The predicted molar refractivity (Wildman–Crippen MR) is 44.5 cm³/mol. The quantitative estimate of drug-likeness (QED) is 0.504. The first kappa shape index (κ1) is 29.9. The molecule has 3 nitrogen and oxygen atoms in total. The number of aliphatic hydroxyl groups excluding tert-OH is 2. The van der Waals surface area contributed by atoms with Gasteiger partial charge in [0.2, 0.25) is 0 Å². The predicted octanol–water partition coefficient (Wildman–Crippen LogP) is 0.522. The molecule has 0 saturated heterocycles. The van der Waals surface area contributed by atoms with Gasteiger partial charge in [-0.15, -0.1) is 0 Å². The normalized spacial score (nSPS) is 4.91. The van der Waals surface area contributed by atoms with Gasteiger partial charge in [0, 0.05) is 27.9 Å². The molecule has 70 valence electrons. The molecule has 0 radical (unpaired) electrons. The number of aliphatic hydroxyl groups is 2. The second-order valence-corrected chi connectivity index (χ2v) is 0.846. The Hall–Kier alpha value is 0.594. The van der Waals surface area contributed by atoms with E-state index in [1.165, 1.54) is 0 Å². The summed E-state index contributed by atoms with van der Waals surface area (Å²) in [7, 11) is 3.67. The second kappa shape index (κ2) is 75.5. The molecule has 0 rings (SSSR count). The zero-order valence-corrected chi connectivity index (χ0v) is 9.49. The second-order valence-electron chi connectivity index (χ2n) is 0.846. The van der Waals surface area contributed by atoms with E-state index in [1.807, 2.05) is 0 Å². The van der Waals surface area contributed by atoms with Gasteiger partial charge in [-0.1, -0.05) is 0 Å². The molecule has 0 unspecified atom stereocenters. The molecule has 11 heavy (non-hydrogen) atoms. The van der Waals surface area contributed by atoms with Crippen LogP contribution in [-0.4, -0.2) is 38.1 Å². The first-order valence-corrected chi connectivity index (χ1v) is 2.59. The van der Waals surface area contributed by atoms with Crippen molar-refractivity contribution in [2.45, 2.75) is 6.42 Å². The van der Waals surface area contributed by atoms with E-state index in [0.29, 0.717) is 0 Å². The largest absolute Gasteiger partial charge is 2.00 e. The van der Waals surface area contributed by atoms with Gasteiger partial charge in [-0.3, -0.25) is 0 Å². The van der Waals surface area contributed by atoms with Crippen LogP contribution in [-0.2, 0) is 26.5 Å². The van der Waals surface area contributed by atoms with E-state index in [1.54, 1.807) is 7.11 Å². The summed E-state index contributed by atoms with van der Waals surface area (Å²) in [5.41, 5.74) is 0. The third-order valence-corrected chi connectivity index (χ3v) is 0.348. The van der Waals surface area contributed by atoms with Gasteiger partial charge in [0.15, 0.2) is 0 Å². The van der Waals surface area contributed by atoms with E-state index in [9.17, 15) is 0 Å². The Morgan fingerprint density at radius 1 is 1.18 bits per heavy atom. The first-order chi connectivity index (χ1) is 4.41. The Morgan fingerprint density at radius 2 is 1.45 bits per heavy atom. The number of rotatable bonds is 2. The summed E-state index contributed by atoms with van der Waals surface area (Å²) >= 11 is 0. The van der Waals surface area contributed by atoms with Gasteiger partial charge in [0.05, 0.1) is 0 Å². The Kier molecular flexibility index (Phi) is 205. The molecular weight excluding hydrogens is 180 g/mol. The van der Waals surface area contributed by atoms with Crippen molar-refractivity contribution in [3.8, 4) is 0 Å². The Bertz CT molecular complexity index is 21.2. The maximum absolute atomic E-state index is 7.00. The van der Waals surface area contributed by atoms with Gasteiger partial charge >= 0.3 is 21.7 Å². The average Bonchev–Trinajstić information content (AvgIpc) is 1.98. The Labute approximate surface area is 85.7 Å². The van der Waals surface area contributed by atoms with Crippen molar-refractivity contribution in [2.24, 2.45) is 0 Å². The van der Waals surface area contributed by atoms with Crippen LogP contribution in [0.4, 0.5) is 0 Å². The molecule has 2 N–H and O–H groups in total. The van der Waals surface area contributed by atoms with Crippen molar-refractivity contribution >= 4 is 0 Å². The van der Waals surface area contributed by atoms with Crippen LogP contribution in [0.15, 0.2) is 0 Å². The number of methoxy groups -OCH3 is 1. The van der Waals surface area contributed by atoms with E-state index < -0.39 is 0 Å². The molecule has 0 aromatic rings. The summed E-state index contributed by atoms with van der Waals surface area (Å²) < 4.78 is 4.63. The summed E-state index contributed by atoms with van der Waals surface area (Å²) in [6, 6.07) is 0. The molecule has 0 aliphatic rings. The van der Waals surface area contributed by atoms with Crippen molar-refractivity contribution in [1.29, 1.82) is 0 Å². The SMILES string of the molecule is CO.CO.[CH2-]CCOC.[CH3-].[Ti+2]. The summed E-state index contributed by atoms with van der Waals surface area (Å²) in [5.74, 6) is 0. The number of ether oxygens (including phenoxy) is 1. The van der Waals surface area contributed by atoms with E-state index in [2.05, 4.69) is 11.7 Å². The van der Waals surface area contributed by atoms with Gasteiger partial charge in [-0.25, -0.2) is 0 Å². The van der Waals surface area contributed by atoms with Crippen LogP contribution in [0.25, 0.3) is 0 Å². The molecule has 0 aliphatic carbocycles. The van der Waals surface area contributed by atoms with E-state index in [4.69, 9.17) is 10.2 Å². The maximum atomic E-state index is 7.00. The van der Waals surface area contributed by atoms with Crippen molar-refractivity contribution in [2.75, 3.05) is 27.9 Å². The minimum Gasteiger partial charge on any atom is -0.400 e. The fraction of sp³-hybridized carbons (Fsp3) is 0.714. The van der Waals surface area contributed by atoms with E-state index in [-0.39, 0.29) is 29.1 Å². The minimum absolute atomic E-state index is 0. The van der Waals surface area contributed by atoms with Crippen LogP contribution in [0.5, 0.6) is 0 Å². The van der Waals surface area contributed by atoms with Gasteiger partial charge < -0.3 is 29.3 Å². The molecule has 0 fully saturated rings. The van der Waals surface area contributed by atoms with Crippen LogP contribution in [0.2, 0.25) is 0 Å². The maximum Gasteiger partial charge on any atom is 2.00 e. The molecule has 0 spiro atoms. The monoisotopic (exact) mass is 200 g/mol. The topological polar surface area (TPSA) is 49.7 Å². The molecule has 0 saturated carbocycles. The molecule has 0 atom stereocenters. The molecule has 0 heterocycles. The van der Waals surface area contributed by atoms with Gasteiger partial charge in [-0.05, 0) is 0 Å². The fourth-order valence-corrected chi connectivity index (χ4v) is 0.144. The van der Waals surface area contributed by atoms with Crippen LogP contribution >= 0.6 is 0 Å². The van der Waals surface area contributed by atoms with Crippen LogP contribution in [0, 0.1) is 14.4 Å².